The zero-order valence-electron chi connectivity index (χ0n) is 15.9. The average Bonchev–Trinajstić information content (AvgIpc) is 3.16. The number of hydrogen-bond donors (Lipinski definition) is 0. The van der Waals surface area contributed by atoms with Crippen LogP contribution in [0.25, 0.3) is 17.2 Å². The van der Waals surface area contributed by atoms with Crippen LogP contribution in [0.3, 0.4) is 0 Å². The van der Waals surface area contributed by atoms with Gasteiger partial charge in [-0.15, -0.1) is 0 Å². The van der Waals surface area contributed by atoms with E-state index in [0.717, 1.165) is 35.6 Å². The summed E-state index contributed by atoms with van der Waals surface area (Å²) < 4.78 is 11.4. The van der Waals surface area contributed by atoms with E-state index >= 15 is 0 Å². The molecule has 0 saturated carbocycles. The molecule has 1 aromatic heterocycles. The van der Waals surface area contributed by atoms with E-state index in [4.69, 9.17) is 9.15 Å². The number of fused-ring (bicyclic) bond motifs is 1. The lowest BCUT2D eigenvalue weighted by Gasteiger charge is -2.36. The molecule has 28 heavy (non-hydrogen) atoms. The van der Waals surface area contributed by atoms with Crippen LogP contribution in [-0.2, 0) is 4.79 Å². The molecule has 6 heteroatoms. The SMILES string of the molecule is CCOc1ccccc1N1CCN(C(=O)/C=C/c2nc3ccccc3o2)CC1. The van der Waals surface area contributed by atoms with Gasteiger partial charge in [0.1, 0.15) is 11.3 Å². The van der Waals surface area contributed by atoms with Gasteiger partial charge in [-0.25, -0.2) is 4.98 Å². The molecule has 144 valence electrons. The lowest BCUT2D eigenvalue weighted by molar-refractivity contribution is -0.126. The topological polar surface area (TPSA) is 58.8 Å². The average molecular weight is 377 g/mol. The van der Waals surface area contributed by atoms with Crippen LogP contribution >= 0.6 is 0 Å². The van der Waals surface area contributed by atoms with Gasteiger partial charge in [-0.1, -0.05) is 24.3 Å². The second kappa shape index (κ2) is 8.17. The number of piperazine rings is 1. The summed E-state index contributed by atoms with van der Waals surface area (Å²) in [6.07, 6.45) is 3.17. The zero-order chi connectivity index (χ0) is 19.3. The van der Waals surface area contributed by atoms with Gasteiger partial charge in [0.2, 0.25) is 11.8 Å². The van der Waals surface area contributed by atoms with E-state index in [2.05, 4.69) is 16.0 Å². The number of amides is 1. The van der Waals surface area contributed by atoms with Gasteiger partial charge in [0.25, 0.3) is 0 Å². The van der Waals surface area contributed by atoms with E-state index in [-0.39, 0.29) is 5.91 Å². The van der Waals surface area contributed by atoms with Crippen molar-refractivity contribution in [3.8, 4) is 5.75 Å². The predicted octanol–water partition coefficient (Wildman–Crippen LogP) is 3.59. The molecule has 2 aromatic carbocycles. The highest BCUT2D eigenvalue weighted by molar-refractivity contribution is 5.91. The van der Waals surface area contributed by atoms with Gasteiger partial charge in [-0.05, 0) is 31.2 Å². The van der Waals surface area contributed by atoms with Crippen molar-refractivity contribution >= 4 is 28.8 Å². The maximum atomic E-state index is 12.5. The highest BCUT2D eigenvalue weighted by Crippen LogP contribution is 2.28. The van der Waals surface area contributed by atoms with Crippen molar-refractivity contribution in [2.75, 3.05) is 37.7 Å². The minimum Gasteiger partial charge on any atom is -0.492 e. The molecule has 4 rings (SSSR count). The Morgan fingerprint density at radius 2 is 1.86 bits per heavy atom. The highest BCUT2D eigenvalue weighted by atomic mass is 16.5. The fraction of sp³-hybridized carbons (Fsp3) is 0.273. The number of carbonyl (C=O) groups excluding carboxylic acids is 1. The van der Waals surface area contributed by atoms with Crippen molar-refractivity contribution in [2.45, 2.75) is 6.92 Å². The van der Waals surface area contributed by atoms with E-state index < -0.39 is 0 Å². The van der Waals surface area contributed by atoms with Crippen molar-refractivity contribution in [3.05, 3.63) is 60.5 Å². The van der Waals surface area contributed by atoms with Gasteiger partial charge in [-0.2, -0.15) is 0 Å². The van der Waals surface area contributed by atoms with E-state index in [0.29, 0.717) is 25.6 Å². The Bertz CT molecular complexity index is 954. The Balaban J connectivity index is 1.37. The molecule has 1 saturated heterocycles. The quantitative estimate of drug-likeness (QED) is 0.636. The van der Waals surface area contributed by atoms with Crippen LogP contribution in [0.5, 0.6) is 5.75 Å². The maximum Gasteiger partial charge on any atom is 0.246 e. The number of benzene rings is 2. The van der Waals surface area contributed by atoms with Crippen LogP contribution in [-0.4, -0.2) is 48.6 Å². The Hall–Kier alpha value is -3.28. The summed E-state index contributed by atoms with van der Waals surface area (Å²) in [4.78, 5) is 21.0. The van der Waals surface area contributed by atoms with Gasteiger partial charge < -0.3 is 19.0 Å². The fourth-order valence-electron chi connectivity index (χ4n) is 3.37. The van der Waals surface area contributed by atoms with E-state index in [1.807, 2.05) is 54.3 Å². The minimum atomic E-state index is -0.0278. The molecule has 0 radical (unpaired) electrons. The summed E-state index contributed by atoms with van der Waals surface area (Å²) in [6.45, 7) is 5.49. The Labute approximate surface area is 164 Å². The lowest BCUT2D eigenvalue weighted by Crippen LogP contribution is -2.48. The summed E-state index contributed by atoms with van der Waals surface area (Å²) in [6, 6.07) is 15.6. The molecule has 6 nitrogen and oxygen atoms in total. The van der Waals surface area contributed by atoms with Crippen LogP contribution in [0, 0.1) is 0 Å². The third-order valence-electron chi connectivity index (χ3n) is 4.78. The first-order valence-electron chi connectivity index (χ1n) is 9.54. The molecule has 1 fully saturated rings. The number of hydrogen-bond acceptors (Lipinski definition) is 5. The fourth-order valence-corrected chi connectivity index (χ4v) is 3.37. The molecule has 1 aliphatic rings. The van der Waals surface area contributed by atoms with E-state index in [1.54, 1.807) is 6.08 Å². The number of aromatic nitrogens is 1. The molecule has 1 amide bonds. The third-order valence-corrected chi connectivity index (χ3v) is 4.78. The van der Waals surface area contributed by atoms with Gasteiger partial charge in [-0.3, -0.25) is 4.79 Å². The molecule has 0 spiro atoms. The third kappa shape index (κ3) is 3.86. The minimum absolute atomic E-state index is 0.0278. The Morgan fingerprint density at radius 3 is 2.64 bits per heavy atom. The first-order chi connectivity index (χ1) is 13.7. The van der Waals surface area contributed by atoms with Crippen molar-refractivity contribution in [1.82, 2.24) is 9.88 Å². The number of ether oxygens (including phenoxy) is 1. The summed E-state index contributed by atoms with van der Waals surface area (Å²) in [5.41, 5.74) is 2.59. The zero-order valence-corrected chi connectivity index (χ0v) is 15.9. The van der Waals surface area contributed by atoms with Crippen LogP contribution in [0.2, 0.25) is 0 Å². The molecule has 0 aliphatic carbocycles. The standard InChI is InChI=1S/C22H23N3O3/c1-2-27-20-10-6-4-8-18(20)24-13-15-25(16-14-24)22(26)12-11-21-23-17-7-3-5-9-19(17)28-21/h3-12H,2,13-16H2,1H3/b12-11+. The molecule has 0 unspecified atom stereocenters. The van der Waals surface area contributed by atoms with Crippen LogP contribution < -0.4 is 9.64 Å². The highest BCUT2D eigenvalue weighted by Gasteiger charge is 2.21. The van der Waals surface area contributed by atoms with Crippen molar-refractivity contribution in [3.63, 3.8) is 0 Å². The van der Waals surface area contributed by atoms with E-state index in [1.165, 1.54) is 6.08 Å². The molecule has 2 heterocycles. The molecule has 0 atom stereocenters. The second-order valence-electron chi connectivity index (χ2n) is 6.57. The molecule has 3 aromatic rings. The number of anilines is 1. The van der Waals surface area contributed by atoms with Gasteiger partial charge in [0, 0.05) is 38.3 Å². The first kappa shape index (κ1) is 18.1. The first-order valence-corrected chi connectivity index (χ1v) is 9.54. The molecule has 1 aliphatic heterocycles. The van der Waals surface area contributed by atoms with Crippen LogP contribution in [0.15, 0.2) is 59.0 Å². The van der Waals surface area contributed by atoms with Crippen molar-refractivity contribution in [2.24, 2.45) is 0 Å². The molecular formula is C22H23N3O3. The summed E-state index contributed by atoms with van der Waals surface area (Å²) in [5.74, 6) is 1.31. The number of oxazole rings is 1. The predicted molar refractivity (Wildman–Crippen MR) is 109 cm³/mol. The summed E-state index contributed by atoms with van der Waals surface area (Å²) in [7, 11) is 0. The van der Waals surface area contributed by atoms with Crippen LogP contribution in [0.1, 0.15) is 12.8 Å². The largest absolute Gasteiger partial charge is 0.492 e. The van der Waals surface area contributed by atoms with Crippen LogP contribution in [0.4, 0.5) is 5.69 Å². The van der Waals surface area contributed by atoms with Gasteiger partial charge in [0.05, 0.1) is 12.3 Å². The number of rotatable bonds is 5. The number of carbonyl (C=O) groups is 1. The molecule has 0 bridgehead atoms. The summed E-state index contributed by atoms with van der Waals surface area (Å²) in [5, 5.41) is 0. The number of nitrogens with zero attached hydrogens (tertiary/aromatic N) is 3. The lowest BCUT2D eigenvalue weighted by atomic mass is 10.2. The van der Waals surface area contributed by atoms with Gasteiger partial charge in [0.15, 0.2) is 5.58 Å². The monoisotopic (exact) mass is 377 g/mol. The van der Waals surface area contributed by atoms with Gasteiger partial charge >= 0.3 is 0 Å². The second-order valence-corrected chi connectivity index (χ2v) is 6.57. The Kier molecular flexibility index (Phi) is 5.28. The maximum absolute atomic E-state index is 12.5. The molecular weight excluding hydrogens is 354 g/mol. The van der Waals surface area contributed by atoms with E-state index in [9.17, 15) is 4.79 Å². The molecule has 0 N–H and O–H groups in total. The number of para-hydroxylation sites is 4. The Morgan fingerprint density at radius 1 is 1.11 bits per heavy atom. The van der Waals surface area contributed by atoms with Crippen molar-refractivity contribution < 1.29 is 13.9 Å². The summed E-state index contributed by atoms with van der Waals surface area (Å²) >= 11 is 0. The smallest absolute Gasteiger partial charge is 0.246 e. The normalized spacial score (nSPS) is 14.8. The van der Waals surface area contributed by atoms with Crippen molar-refractivity contribution in [1.29, 1.82) is 0 Å².